The molecule has 2 fully saturated rings. The van der Waals surface area contributed by atoms with Crippen LogP contribution in [0.25, 0.3) is 0 Å². The highest BCUT2D eigenvalue weighted by Gasteiger charge is 2.31. The average molecular weight is 369 g/mol. The maximum atomic E-state index is 5.73. The van der Waals surface area contributed by atoms with E-state index in [1.54, 1.807) is 0 Å². The van der Waals surface area contributed by atoms with Crippen LogP contribution in [0.2, 0.25) is 0 Å². The van der Waals surface area contributed by atoms with Crippen molar-refractivity contribution in [3.8, 4) is 5.75 Å². The summed E-state index contributed by atoms with van der Waals surface area (Å²) in [6.07, 6.45) is 20.1. The van der Waals surface area contributed by atoms with Crippen LogP contribution in [-0.4, -0.2) is 6.61 Å². The number of rotatable bonds is 8. The Kier molecular flexibility index (Phi) is 8.30. The number of allylic oxidation sites excluding steroid dienone is 1. The summed E-state index contributed by atoms with van der Waals surface area (Å²) in [5, 5.41) is 0. The van der Waals surface area contributed by atoms with E-state index >= 15 is 0 Å². The molecule has 0 heterocycles. The van der Waals surface area contributed by atoms with E-state index in [9.17, 15) is 0 Å². The van der Waals surface area contributed by atoms with Gasteiger partial charge in [0.2, 0.25) is 0 Å². The van der Waals surface area contributed by atoms with E-state index in [1.807, 2.05) is 19.1 Å². The Morgan fingerprint density at radius 3 is 2.11 bits per heavy atom. The van der Waals surface area contributed by atoms with Gasteiger partial charge < -0.3 is 4.74 Å². The lowest BCUT2D eigenvalue weighted by Gasteiger charge is -2.38. The number of benzene rings is 1. The first kappa shape index (κ1) is 20.5. The van der Waals surface area contributed by atoms with E-state index in [2.05, 4.69) is 31.2 Å². The van der Waals surface area contributed by atoms with Crippen LogP contribution >= 0.6 is 0 Å². The molecule has 2 saturated carbocycles. The second-order valence-corrected chi connectivity index (χ2v) is 8.98. The number of ether oxygens (including phenoxy) is 1. The van der Waals surface area contributed by atoms with Crippen molar-refractivity contribution >= 4 is 0 Å². The van der Waals surface area contributed by atoms with Crippen molar-refractivity contribution < 1.29 is 4.74 Å². The first-order valence-electron chi connectivity index (χ1n) is 11.6. The zero-order valence-electron chi connectivity index (χ0n) is 17.7. The highest BCUT2D eigenvalue weighted by Crippen LogP contribution is 2.44. The molecule has 0 N–H and O–H groups in total. The van der Waals surface area contributed by atoms with Gasteiger partial charge in [0.05, 0.1) is 0 Å². The molecule has 1 aromatic carbocycles. The molecule has 1 nitrogen and oxygen atoms in total. The molecule has 0 radical (unpaired) electrons. The van der Waals surface area contributed by atoms with Crippen molar-refractivity contribution in [1.82, 2.24) is 0 Å². The van der Waals surface area contributed by atoms with Gasteiger partial charge in [-0.25, -0.2) is 0 Å². The van der Waals surface area contributed by atoms with E-state index in [0.717, 1.165) is 29.4 Å². The predicted molar refractivity (Wildman–Crippen MR) is 116 cm³/mol. The minimum atomic E-state index is 0.668. The Bertz CT molecular complexity index is 542. The zero-order valence-corrected chi connectivity index (χ0v) is 17.7. The van der Waals surface area contributed by atoms with Gasteiger partial charge in [0, 0.05) is 0 Å². The standard InChI is InChI=1S/C26H40O/c1-3-5-7-21-8-10-22(11-9-21)23-12-14-24(15-13-23)25-16-18-26(19-17-25)27-20-6-4-2/h4,6,16-19,21-24H,3,5,7-15,20H2,1-2H3/b6-4+. The molecule has 2 aliphatic rings. The minimum Gasteiger partial charge on any atom is -0.490 e. The molecule has 1 aromatic rings. The van der Waals surface area contributed by atoms with Crippen LogP contribution in [0.3, 0.4) is 0 Å². The molecular weight excluding hydrogens is 328 g/mol. The molecule has 0 saturated heterocycles. The van der Waals surface area contributed by atoms with Crippen molar-refractivity contribution in [2.24, 2.45) is 17.8 Å². The summed E-state index contributed by atoms with van der Waals surface area (Å²) in [4.78, 5) is 0. The third-order valence-corrected chi connectivity index (χ3v) is 7.23. The third kappa shape index (κ3) is 6.13. The average Bonchev–Trinajstić information content (AvgIpc) is 2.73. The second kappa shape index (κ2) is 10.9. The smallest absolute Gasteiger partial charge is 0.119 e. The normalized spacial score (nSPS) is 29.1. The molecule has 0 unspecified atom stereocenters. The summed E-state index contributed by atoms with van der Waals surface area (Å²) >= 11 is 0. The van der Waals surface area contributed by atoms with Gasteiger partial charge in [0.25, 0.3) is 0 Å². The van der Waals surface area contributed by atoms with Crippen molar-refractivity contribution in [3.05, 3.63) is 42.0 Å². The molecule has 2 aliphatic carbocycles. The van der Waals surface area contributed by atoms with Crippen molar-refractivity contribution in [2.75, 3.05) is 6.61 Å². The van der Waals surface area contributed by atoms with Gasteiger partial charge in [-0.3, -0.25) is 0 Å². The highest BCUT2D eigenvalue weighted by atomic mass is 16.5. The van der Waals surface area contributed by atoms with Crippen LogP contribution in [0.15, 0.2) is 36.4 Å². The number of hydrogen-bond donors (Lipinski definition) is 0. The van der Waals surface area contributed by atoms with Crippen molar-refractivity contribution in [3.63, 3.8) is 0 Å². The first-order chi connectivity index (χ1) is 13.3. The van der Waals surface area contributed by atoms with Crippen LogP contribution in [0, 0.1) is 17.8 Å². The maximum Gasteiger partial charge on any atom is 0.119 e. The molecule has 0 spiro atoms. The van der Waals surface area contributed by atoms with Crippen LogP contribution in [0.5, 0.6) is 5.75 Å². The molecule has 3 rings (SSSR count). The van der Waals surface area contributed by atoms with Gasteiger partial charge in [0.1, 0.15) is 12.4 Å². The molecule has 150 valence electrons. The Balaban J connectivity index is 1.41. The molecule has 0 amide bonds. The molecule has 0 aromatic heterocycles. The largest absolute Gasteiger partial charge is 0.490 e. The third-order valence-electron chi connectivity index (χ3n) is 7.23. The van der Waals surface area contributed by atoms with Gasteiger partial charge >= 0.3 is 0 Å². The highest BCUT2D eigenvalue weighted by molar-refractivity contribution is 5.29. The van der Waals surface area contributed by atoms with Crippen molar-refractivity contribution in [1.29, 1.82) is 0 Å². The van der Waals surface area contributed by atoms with Gasteiger partial charge in [-0.05, 0) is 86.8 Å². The maximum absolute atomic E-state index is 5.73. The molecule has 0 bridgehead atoms. The topological polar surface area (TPSA) is 9.23 Å². The van der Waals surface area contributed by atoms with E-state index in [4.69, 9.17) is 4.74 Å². The zero-order chi connectivity index (χ0) is 18.9. The lowest BCUT2D eigenvalue weighted by Crippen LogP contribution is -2.25. The SMILES string of the molecule is C/C=C/COc1ccc(C2CCC(C3CCC(CCCC)CC3)CC2)cc1. The summed E-state index contributed by atoms with van der Waals surface area (Å²) in [5.41, 5.74) is 1.52. The summed E-state index contributed by atoms with van der Waals surface area (Å²) in [5.74, 6) is 4.85. The van der Waals surface area contributed by atoms with E-state index < -0.39 is 0 Å². The van der Waals surface area contributed by atoms with E-state index in [0.29, 0.717) is 6.61 Å². The molecule has 1 heteroatoms. The molecule has 27 heavy (non-hydrogen) atoms. The fraction of sp³-hybridized carbons (Fsp3) is 0.692. The molecule has 0 atom stereocenters. The van der Waals surface area contributed by atoms with Gasteiger partial charge in [-0.15, -0.1) is 0 Å². The van der Waals surface area contributed by atoms with Crippen LogP contribution in [-0.2, 0) is 0 Å². The first-order valence-corrected chi connectivity index (χ1v) is 11.6. The van der Waals surface area contributed by atoms with Crippen molar-refractivity contribution in [2.45, 2.75) is 90.4 Å². The van der Waals surface area contributed by atoms with Crippen LogP contribution < -0.4 is 4.74 Å². The predicted octanol–water partition coefficient (Wildman–Crippen LogP) is 7.91. The van der Waals surface area contributed by atoms with Gasteiger partial charge in [-0.1, -0.05) is 63.3 Å². The van der Waals surface area contributed by atoms with Crippen LogP contribution in [0.4, 0.5) is 0 Å². The fourth-order valence-corrected chi connectivity index (χ4v) is 5.44. The summed E-state index contributed by atoms with van der Waals surface area (Å²) in [6.45, 7) is 5.02. The quantitative estimate of drug-likeness (QED) is 0.423. The summed E-state index contributed by atoms with van der Waals surface area (Å²) in [6, 6.07) is 8.91. The summed E-state index contributed by atoms with van der Waals surface area (Å²) in [7, 11) is 0. The second-order valence-electron chi connectivity index (χ2n) is 8.98. The number of unbranched alkanes of at least 4 members (excludes halogenated alkanes) is 1. The lowest BCUT2D eigenvalue weighted by molar-refractivity contribution is 0.156. The van der Waals surface area contributed by atoms with Crippen LogP contribution in [0.1, 0.15) is 96.0 Å². The van der Waals surface area contributed by atoms with Gasteiger partial charge in [-0.2, -0.15) is 0 Å². The van der Waals surface area contributed by atoms with Gasteiger partial charge in [0.15, 0.2) is 0 Å². The van der Waals surface area contributed by atoms with E-state index in [-0.39, 0.29) is 0 Å². The Morgan fingerprint density at radius 1 is 0.889 bits per heavy atom. The minimum absolute atomic E-state index is 0.668. The number of hydrogen-bond acceptors (Lipinski definition) is 1. The molecule has 0 aliphatic heterocycles. The van der Waals surface area contributed by atoms with E-state index in [1.165, 1.54) is 76.2 Å². The lowest BCUT2D eigenvalue weighted by atomic mass is 9.68. The monoisotopic (exact) mass is 368 g/mol. The Morgan fingerprint density at radius 2 is 1.52 bits per heavy atom. The Hall–Kier alpha value is -1.24. The fourth-order valence-electron chi connectivity index (χ4n) is 5.44. The summed E-state index contributed by atoms with van der Waals surface area (Å²) < 4.78 is 5.73. The Labute approximate surface area is 167 Å². The molecular formula is C26H40O.